The standard InChI is InChI=1S/C21H33N5O2.ClH/c1-2-17(23-21(27)20-16-12-22-9-8-18(16)24-25-20)19-14-26(10-11-28-19)13-15-6-4-3-5-7-15;/h3-7,16-20,22,24-25H,2,8-14H2,1H3,(H,23,27);1H. The maximum Gasteiger partial charge on any atom is 0.239 e. The third kappa shape index (κ3) is 5.48. The zero-order chi connectivity index (χ0) is 19.3. The Morgan fingerprint density at radius 3 is 2.93 bits per heavy atom. The molecule has 1 aromatic rings. The number of ether oxygens (including phenoxy) is 1. The van der Waals surface area contributed by atoms with Crippen LogP contribution in [0.2, 0.25) is 0 Å². The zero-order valence-corrected chi connectivity index (χ0v) is 17.9. The molecule has 3 fully saturated rings. The average molecular weight is 424 g/mol. The lowest BCUT2D eigenvalue weighted by atomic mass is 9.89. The quantitative estimate of drug-likeness (QED) is 0.538. The van der Waals surface area contributed by atoms with E-state index >= 15 is 0 Å². The van der Waals surface area contributed by atoms with Crippen molar-refractivity contribution in [2.75, 3.05) is 32.8 Å². The Morgan fingerprint density at radius 2 is 2.14 bits per heavy atom. The molecular weight excluding hydrogens is 390 g/mol. The summed E-state index contributed by atoms with van der Waals surface area (Å²) in [7, 11) is 0. The fraction of sp³-hybridized carbons (Fsp3) is 0.667. The molecule has 162 valence electrons. The van der Waals surface area contributed by atoms with Gasteiger partial charge in [0.15, 0.2) is 0 Å². The summed E-state index contributed by atoms with van der Waals surface area (Å²) in [4.78, 5) is 15.4. The normalized spacial score (nSPS) is 30.8. The Labute approximate surface area is 179 Å². The Bertz CT molecular complexity index is 649. The average Bonchev–Trinajstić information content (AvgIpc) is 3.17. The van der Waals surface area contributed by atoms with Crippen LogP contribution in [0.25, 0.3) is 0 Å². The predicted octanol–water partition coefficient (Wildman–Crippen LogP) is 0.659. The molecule has 7 nitrogen and oxygen atoms in total. The van der Waals surface area contributed by atoms with Crippen molar-refractivity contribution in [2.45, 2.75) is 50.5 Å². The van der Waals surface area contributed by atoms with E-state index in [1.165, 1.54) is 5.56 Å². The first-order valence-corrected chi connectivity index (χ1v) is 10.6. The van der Waals surface area contributed by atoms with Gasteiger partial charge in [0, 0.05) is 38.1 Å². The van der Waals surface area contributed by atoms with Crippen molar-refractivity contribution in [3.8, 4) is 0 Å². The van der Waals surface area contributed by atoms with E-state index in [2.05, 4.69) is 57.6 Å². The Hall–Kier alpha value is -1.22. The van der Waals surface area contributed by atoms with Crippen LogP contribution in [0.1, 0.15) is 25.3 Å². The van der Waals surface area contributed by atoms with Crippen LogP contribution < -0.4 is 21.5 Å². The summed E-state index contributed by atoms with van der Waals surface area (Å²) < 4.78 is 6.06. The van der Waals surface area contributed by atoms with Gasteiger partial charge in [0.25, 0.3) is 0 Å². The molecular formula is C21H34ClN5O2. The van der Waals surface area contributed by atoms with Crippen molar-refractivity contribution in [3.05, 3.63) is 35.9 Å². The van der Waals surface area contributed by atoms with Crippen molar-refractivity contribution in [1.29, 1.82) is 0 Å². The second-order valence-corrected chi connectivity index (χ2v) is 8.18. The first-order valence-electron chi connectivity index (χ1n) is 10.6. The van der Waals surface area contributed by atoms with Crippen molar-refractivity contribution in [1.82, 2.24) is 26.4 Å². The van der Waals surface area contributed by atoms with Gasteiger partial charge in [-0.2, -0.15) is 0 Å². The Kier molecular flexibility index (Phi) is 8.29. The molecule has 3 aliphatic rings. The molecule has 4 rings (SSSR count). The first-order chi connectivity index (χ1) is 13.7. The van der Waals surface area contributed by atoms with Crippen molar-refractivity contribution < 1.29 is 9.53 Å². The molecule has 29 heavy (non-hydrogen) atoms. The number of amides is 1. The van der Waals surface area contributed by atoms with Gasteiger partial charge < -0.3 is 15.4 Å². The van der Waals surface area contributed by atoms with Crippen LogP contribution in [-0.4, -0.2) is 67.8 Å². The largest absolute Gasteiger partial charge is 0.373 e. The second-order valence-electron chi connectivity index (χ2n) is 8.18. The summed E-state index contributed by atoms with van der Waals surface area (Å²) in [5.74, 6) is 0.382. The van der Waals surface area contributed by atoms with Gasteiger partial charge in [-0.05, 0) is 24.9 Å². The zero-order valence-electron chi connectivity index (χ0n) is 17.1. The number of piperidine rings is 1. The molecule has 3 heterocycles. The fourth-order valence-electron chi connectivity index (χ4n) is 4.67. The van der Waals surface area contributed by atoms with E-state index < -0.39 is 0 Å². The minimum absolute atomic E-state index is 0. The highest BCUT2D eigenvalue weighted by molar-refractivity contribution is 5.85. The molecule has 3 saturated heterocycles. The molecule has 0 bridgehead atoms. The minimum atomic E-state index is -0.184. The second kappa shape index (κ2) is 10.7. The van der Waals surface area contributed by atoms with Gasteiger partial charge in [-0.3, -0.25) is 15.1 Å². The number of morpholine rings is 1. The van der Waals surface area contributed by atoms with E-state index in [4.69, 9.17) is 4.74 Å². The van der Waals surface area contributed by atoms with Crippen LogP contribution in [0, 0.1) is 5.92 Å². The summed E-state index contributed by atoms with van der Waals surface area (Å²) in [6.45, 7) is 7.42. The SMILES string of the molecule is CCC(NC(=O)C1NNC2CCNCC21)C1CN(Cc2ccccc2)CCO1.Cl. The van der Waals surface area contributed by atoms with Crippen LogP contribution in [-0.2, 0) is 16.1 Å². The number of hydrazine groups is 1. The molecule has 5 unspecified atom stereocenters. The number of carbonyl (C=O) groups is 1. The number of nitrogens with zero attached hydrogens (tertiary/aromatic N) is 1. The molecule has 0 saturated carbocycles. The minimum Gasteiger partial charge on any atom is -0.373 e. The molecule has 0 radical (unpaired) electrons. The molecule has 4 N–H and O–H groups in total. The highest BCUT2D eigenvalue weighted by Crippen LogP contribution is 2.21. The lowest BCUT2D eigenvalue weighted by Crippen LogP contribution is -2.57. The van der Waals surface area contributed by atoms with Gasteiger partial charge in [-0.15, -0.1) is 12.4 Å². The third-order valence-corrected chi connectivity index (χ3v) is 6.31. The molecule has 0 spiro atoms. The highest BCUT2D eigenvalue weighted by Gasteiger charge is 2.42. The molecule has 8 heteroatoms. The number of nitrogens with one attached hydrogen (secondary N) is 4. The number of carbonyl (C=O) groups excluding carboxylic acids is 1. The maximum atomic E-state index is 13.0. The highest BCUT2D eigenvalue weighted by atomic mass is 35.5. The van der Waals surface area contributed by atoms with Gasteiger partial charge in [-0.25, -0.2) is 5.43 Å². The maximum absolute atomic E-state index is 13.0. The van der Waals surface area contributed by atoms with E-state index in [1.54, 1.807) is 0 Å². The Balaban J connectivity index is 0.00000240. The number of fused-ring (bicyclic) bond motifs is 1. The molecule has 0 aliphatic carbocycles. The van der Waals surface area contributed by atoms with E-state index in [-0.39, 0.29) is 36.5 Å². The summed E-state index contributed by atoms with van der Waals surface area (Å²) in [5.41, 5.74) is 7.84. The summed E-state index contributed by atoms with van der Waals surface area (Å²) in [5, 5.41) is 6.68. The third-order valence-electron chi connectivity index (χ3n) is 6.31. The monoisotopic (exact) mass is 423 g/mol. The number of rotatable bonds is 6. The molecule has 0 aromatic heterocycles. The van der Waals surface area contributed by atoms with Gasteiger partial charge in [-0.1, -0.05) is 37.3 Å². The van der Waals surface area contributed by atoms with Gasteiger partial charge in [0.1, 0.15) is 6.04 Å². The van der Waals surface area contributed by atoms with Gasteiger partial charge in [0.05, 0.1) is 18.8 Å². The van der Waals surface area contributed by atoms with Gasteiger partial charge in [0.2, 0.25) is 5.91 Å². The number of hydrogen-bond donors (Lipinski definition) is 4. The van der Waals surface area contributed by atoms with E-state index in [0.29, 0.717) is 18.6 Å². The summed E-state index contributed by atoms with van der Waals surface area (Å²) >= 11 is 0. The van der Waals surface area contributed by atoms with Crippen LogP contribution in [0.5, 0.6) is 0 Å². The lowest BCUT2D eigenvalue weighted by molar-refractivity contribution is -0.127. The smallest absolute Gasteiger partial charge is 0.239 e. The number of halogens is 1. The number of benzene rings is 1. The first kappa shape index (κ1) is 22.5. The van der Waals surface area contributed by atoms with Crippen molar-refractivity contribution in [3.63, 3.8) is 0 Å². The summed E-state index contributed by atoms with van der Waals surface area (Å²) in [6, 6.07) is 10.8. The van der Waals surface area contributed by atoms with Gasteiger partial charge >= 0.3 is 0 Å². The van der Waals surface area contributed by atoms with Crippen LogP contribution in [0.3, 0.4) is 0 Å². The van der Waals surface area contributed by atoms with Crippen molar-refractivity contribution >= 4 is 18.3 Å². The predicted molar refractivity (Wildman–Crippen MR) is 116 cm³/mol. The summed E-state index contributed by atoms with van der Waals surface area (Å²) in [6.07, 6.45) is 1.95. The fourth-order valence-corrected chi connectivity index (χ4v) is 4.67. The van der Waals surface area contributed by atoms with Crippen molar-refractivity contribution in [2.24, 2.45) is 5.92 Å². The molecule has 3 aliphatic heterocycles. The molecule has 1 amide bonds. The number of hydrogen-bond acceptors (Lipinski definition) is 6. The topological polar surface area (TPSA) is 77.7 Å². The molecule has 1 aromatic carbocycles. The lowest BCUT2D eigenvalue weighted by Gasteiger charge is -2.37. The van der Waals surface area contributed by atoms with Crippen LogP contribution in [0.15, 0.2) is 30.3 Å². The van der Waals surface area contributed by atoms with Crippen LogP contribution in [0.4, 0.5) is 0 Å². The van der Waals surface area contributed by atoms with Crippen LogP contribution >= 0.6 is 12.4 Å². The van der Waals surface area contributed by atoms with E-state index in [9.17, 15) is 4.79 Å². The molecule has 5 atom stereocenters. The van der Waals surface area contributed by atoms with E-state index in [1.807, 2.05) is 6.07 Å². The van der Waals surface area contributed by atoms with E-state index in [0.717, 1.165) is 45.6 Å². The Morgan fingerprint density at radius 1 is 1.31 bits per heavy atom.